The number of aryl methyl sites for hydroxylation is 1. The Hall–Kier alpha value is -1.56. The second-order valence-electron chi connectivity index (χ2n) is 4.49. The van der Waals surface area contributed by atoms with E-state index in [-0.39, 0.29) is 18.3 Å². The van der Waals surface area contributed by atoms with Gasteiger partial charge in [-0.2, -0.15) is 0 Å². The van der Waals surface area contributed by atoms with E-state index in [0.717, 1.165) is 12.7 Å². The van der Waals surface area contributed by atoms with E-state index in [9.17, 15) is 13.2 Å². The summed E-state index contributed by atoms with van der Waals surface area (Å²) in [6.07, 6.45) is 1.90. The van der Waals surface area contributed by atoms with Gasteiger partial charge in [-0.3, -0.25) is 0 Å². The molecule has 106 valence electrons. The SMILES string of the molecule is Cc1ccccc1CCNC(=O)NCCS(C)(=O)=O. The largest absolute Gasteiger partial charge is 0.338 e. The fourth-order valence-corrected chi connectivity index (χ4v) is 2.09. The van der Waals surface area contributed by atoms with Gasteiger partial charge in [-0.1, -0.05) is 24.3 Å². The van der Waals surface area contributed by atoms with E-state index < -0.39 is 9.84 Å². The number of benzene rings is 1. The molecule has 0 atom stereocenters. The molecule has 0 saturated carbocycles. The molecule has 0 aromatic heterocycles. The summed E-state index contributed by atoms with van der Waals surface area (Å²) in [5, 5.41) is 5.21. The summed E-state index contributed by atoms with van der Waals surface area (Å²) in [5.74, 6) is -0.0434. The van der Waals surface area contributed by atoms with Gasteiger partial charge in [0.2, 0.25) is 0 Å². The van der Waals surface area contributed by atoms with E-state index in [0.29, 0.717) is 6.54 Å². The Labute approximate surface area is 114 Å². The second kappa shape index (κ2) is 7.13. The van der Waals surface area contributed by atoms with Crippen molar-refractivity contribution in [1.82, 2.24) is 10.6 Å². The van der Waals surface area contributed by atoms with Crippen molar-refractivity contribution in [2.24, 2.45) is 0 Å². The van der Waals surface area contributed by atoms with Gasteiger partial charge in [0.05, 0.1) is 5.75 Å². The van der Waals surface area contributed by atoms with Crippen molar-refractivity contribution in [1.29, 1.82) is 0 Å². The Balaban J connectivity index is 2.23. The highest BCUT2D eigenvalue weighted by atomic mass is 32.2. The van der Waals surface area contributed by atoms with Crippen LogP contribution in [0.3, 0.4) is 0 Å². The molecule has 0 heterocycles. The number of urea groups is 1. The zero-order valence-corrected chi connectivity index (χ0v) is 12.1. The topological polar surface area (TPSA) is 75.3 Å². The van der Waals surface area contributed by atoms with Gasteiger partial charge in [0, 0.05) is 19.3 Å². The van der Waals surface area contributed by atoms with Gasteiger partial charge >= 0.3 is 6.03 Å². The van der Waals surface area contributed by atoms with E-state index in [1.165, 1.54) is 11.1 Å². The second-order valence-corrected chi connectivity index (χ2v) is 6.75. The summed E-state index contributed by atoms with van der Waals surface area (Å²) in [6.45, 7) is 2.69. The van der Waals surface area contributed by atoms with E-state index in [4.69, 9.17) is 0 Å². The van der Waals surface area contributed by atoms with Gasteiger partial charge in [0.1, 0.15) is 9.84 Å². The number of rotatable bonds is 6. The molecule has 1 aromatic carbocycles. The molecule has 0 bridgehead atoms. The van der Waals surface area contributed by atoms with E-state index >= 15 is 0 Å². The van der Waals surface area contributed by atoms with Crippen molar-refractivity contribution in [3.8, 4) is 0 Å². The molecule has 0 fully saturated rings. The normalized spacial score (nSPS) is 11.1. The lowest BCUT2D eigenvalue weighted by molar-refractivity contribution is 0.241. The first-order valence-electron chi connectivity index (χ1n) is 6.12. The molecular formula is C13H20N2O3S. The van der Waals surface area contributed by atoms with Crippen LogP contribution >= 0.6 is 0 Å². The van der Waals surface area contributed by atoms with Crippen molar-refractivity contribution in [2.75, 3.05) is 25.1 Å². The smallest absolute Gasteiger partial charge is 0.314 e. The molecule has 0 spiro atoms. The Morgan fingerprint density at radius 2 is 1.79 bits per heavy atom. The Morgan fingerprint density at radius 3 is 2.42 bits per heavy atom. The molecule has 0 radical (unpaired) electrons. The zero-order chi connectivity index (χ0) is 14.3. The highest BCUT2D eigenvalue weighted by Crippen LogP contribution is 2.06. The minimum absolute atomic E-state index is 0.0434. The van der Waals surface area contributed by atoms with Crippen LogP contribution in [0.15, 0.2) is 24.3 Å². The quantitative estimate of drug-likeness (QED) is 0.814. The average Bonchev–Trinajstić information content (AvgIpc) is 2.30. The molecule has 5 nitrogen and oxygen atoms in total. The molecule has 0 aliphatic carbocycles. The third-order valence-corrected chi connectivity index (χ3v) is 3.65. The number of amides is 2. The van der Waals surface area contributed by atoms with E-state index in [2.05, 4.69) is 10.6 Å². The average molecular weight is 284 g/mol. The molecule has 6 heteroatoms. The number of hydrogen-bond donors (Lipinski definition) is 2. The summed E-state index contributed by atoms with van der Waals surface area (Å²) in [6, 6.07) is 7.66. The molecule has 1 rings (SSSR count). The van der Waals surface area contributed by atoms with Crippen LogP contribution in [0.2, 0.25) is 0 Å². The molecule has 0 saturated heterocycles. The third-order valence-electron chi connectivity index (χ3n) is 2.70. The van der Waals surface area contributed by atoms with Crippen LogP contribution in [0.1, 0.15) is 11.1 Å². The van der Waals surface area contributed by atoms with Crippen LogP contribution in [-0.4, -0.2) is 39.5 Å². The molecule has 2 amide bonds. The summed E-state index contributed by atoms with van der Waals surface area (Å²) in [7, 11) is -3.03. The van der Waals surface area contributed by atoms with Gasteiger partial charge in [-0.15, -0.1) is 0 Å². The molecular weight excluding hydrogens is 264 g/mol. The molecule has 0 unspecified atom stereocenters. The van der Waals surface area contributed by atoms with Crippen LogP contribution in [0.4, 0.5) is 4.79 Å². The number of sulfone groups is 1. The Morgan fingerprint density at radius 1 is 1.16 bits per heavy atom. The highest BCUT2D eigenvalue weighted by Gasteiger charge is 2.04. The monoisotopic (exact) mass is 284 g/mol. The van der Waals surface area contributed by atoms with Gasteiger partial charge in [0.15, 0.2) is 0 Å². The van der Waals surface area contributed by atoms with E-state index in [1.54, 1.807) is 0 Å². The van der Waals surface area contributed by atoms with Crippen molar-refractivity contribution in [2.45, 2.75) is 13.3 Å². The minimum atomic E-state index is -3.03. The van der Waals surface area contributed by atoms with Crippen molar-refractivity contribution in [3.63, 3.8) is 0 Å². The van der Waals surface area contributed by atoms with Crippen LogP contribution in [0.5, 0.6) is 0 Å². The Bertz CT molecular complexity index is 526. The Kier molecular flexibility index (Phi) is 5.82. The lowest BCUT2D eigenvalue weighted by Crippen LogP contribution is -2.38. The first kappa shape index (κ1) is 15.5. The number of carbonyl (C=O) groups excluding carboxylic acids is 1. The number of nitrogens with one attached hydrogen (secondary N) is 2. The maximum atomic E-state index is 11.4. The molecule has 1 aromatic rings. The fraction of sp³-hybridized carbons (Fsp3) is 0.462. The number of hydrogen-bond acceptors (Lipinski definition) is 3. The summed E-state index contributed by atoms with van der Waals surface area (Å²) < 4.78 is 21.8. The van der Waals surface area contributed by atoms with Crippen molar-refractivity contribution >= 4 is 15.9 Å². The van der Waals surface area contributed by atoms with Gasteiger partial charge in [0.25, 0.3) is 0 Å². The summed E-state index contributed by atoms with van der Waals surface area (Å²) in [5.41, 5.74) is 2.39. The third kappa shape index (κ3) is 6.81. The van der Waals surface area contributed by atoms with Gasteiger partial charge < -0.3 is 10.6 Å². The van der Waals surface area contributed by atoms with Gasteiger partial charge in [-0.05, 0) is 24.5 Å². The summed E-state index contributed by atoms with van der Waals surface area (Å²) in [4.78, 5) is 11.4. The van der Waals surface area contributed by atoms with Crippen molar-refractivity contribution < 1.29 is 13.2 Å². The zero-order valence-electron chi connectivity index (χ0n) is 11.3. The molecule has 2 N–H and O–H groups in total. The highest BCUT2D eigenvalue weighted by molar-refractivity contribution is 7.90. The minimum Gasteiger partial charge on any atom is -0.338 e. The first-order chi connectivity index (χ1) is 8.88. The predicted molar refractivity (Wildman–Crippen MR) is 76.0 cm³/mol. The maximum absolute atomic E-state index is 11.4. The predicted octanol–water partition coefficient (Wildman–Crippen LogP) is 0.881. The first-order valence-corrected chi connectivity index (χ1v) is 8.18. The standard InChI is InChI=1S/C13H20N2O3S/c1-11-5-3-4-6-12(11)7-8-14-13(16)15-9-10-19(2,17)18/h3-6H,7-10H2,1-2H3,(H2,14,15,16). The van der Waals surface area contributed by atoms with Crippen LogP contribution in [0.25, 0.3) is 0 Å². The molecule has 0 aliphatic heterocycles. The van der Waals surface area contributed by atoms with Crippen LogP contribution in [-0.2, 0) is 16.3 Å². The van der Waals surface area contributed by atoms with E-state index in [1.807, 2.05) is 31.2 Å². The van der Waals surface area contributed by atoms with Gasteiger partial charge in [-0.25, -0.2) is 13.2 Å². The lowest BCUT2D eigenvalue weighted by Gasteiger charge is -2.08. The van der Waals surface area contributed by atoms with Crippen LogP contribution in [0, 0.1) is 6.92 Å². The fourth-order valence-electron chi connectivity index (χ4n) is 1.61. The lowest BCUT2D eigenvalue weighted by atomic mass is 10.1. The summed E-state index contributed by atoms with van der Waals surface area (Å²) >= 11 is 0. The van der Waals surface area contributed by atoms with Crippen LogP contribution < -0.4 is 10.6 Å². The van der Waals surface area contributed by atoms with Crippen molar-refractivity contribution in [3.05, 3.63) is 35.4 Å². The number of carbonyl (C=O) groups is 1. The molecule has 19 heavy (non-hydrogen) atoms. The maximum Gasteiger partial charge on any atom is 0.314 e. The molecule has 0 aliphatic rings.